The van der Waals surface area contributed by atoms with Crippen LogP contribution in [0.25, 0.3) is 0 Å². The number of likely N-dealkylation sites (N-methyl/N-ethyl adjacent to an activating group) is 1. The molecule has 0 unspecified atom stereocenters. The second kappa shape index (κ2) is 5.02. The van der Waals surface area contributed by atoms with Crippen molar-refractivity contribution in [2.45, 2.75) is 12.8 Å². The van der Waals surface area contributed by atoms with Crippen LogP contribution in [0.15, 0.2) is 24.3 Å². The summed E-state index contributed by atoms with van der Waals surface area (Å²) in [6.45, 7) is 0.609. The van der Waals surface area contributed by atoms with E-state index < -0.39 is 6.36 Å². The molecule has 0 saturated carbocycles. The van der Waals surface area contributed by atoms with E-state index in [9.17, 15) is 13.2 Å². The Kier molecular flexibility index (Phi) is 3.96. The zero-order valence-electron chi connectivity index (χ0n) is 8.27. The van der Waals surface area contributed by atoms with Crippen molar-refractivity contribution in [2.75, 3.05) is 13.6 Å². The van der Waals surface area contributed by atoms with E-state index >= 15 is 0 Å². The van der Waals surface area contributed by atoms with Gasteiger partial charge in [-0.1, -0.05) is 18.2 Å². The van der Waals surface area contributed by atoms with E-state index in [2.05, 4.69) is 10.1 Å². The second-order valence-corrected chi connectivity index (χ2v) is 3.01. The highest BCUT2D eigenvalue weighted by Crippen LogP contribution is 2.26. The van der Waals surface area contributed by atoms with Crippen LogP contribution >= 0.6 is 0 Å². The van der Waals surface area contributed by atoms with Crippen molar-refractivity contribution < 1.29 is 17.9 Å². The van der Waals surface area contributed by atoms with Gasteiger partial charge in [0.05, 0.1) is 0 Å². The highest BCUT2D eigenvalue weighted by atomic mass is 19.4. The molecule has 0 aliphatic carbocycles. The molecule has 1 aromatic carbocycles. The van der Waals surface area contributed by atoms with Crippen LogP contribution in [0.4, 0.5) is 13.2 Å². The van der Waals surface area contributed by atoms with Crippen molar-refractivity contribution in [3.63, 3.8) is 0 Å². The summed E-state index contributed by atoms with van der Waals surface area (Å²) in [7, 11) is 1.74. The van der Waals surface area contributed by atoms with E-state index in [1.807, 2.05) is 0 Å². The van der Waals surface area contributed by atoms with Gasteiger partial charge < -0.3 is 10.1 Å². The number of alkyl halides is 3. The summed E-state index contributed by atoms with van der Waals surface area (Å²) in [5, 5.41) is 2.87. The summed E-state index contributed by atoms with van der Waals surface area (Å²) < 4.78 is 39.9. The van der Waals surface area contributed by atoms with Crippen LogP contribution in [0, 0.1) is 0 Å². The van der Waals surface area contributed by atoms with Crippen molar-refractivity contribution in [1.82, 2.24) is 5.32 Å². The van der Waals surface area contributed by atoms with Crippen molar-refractivity contribution in [3.8, 4) is 5.75 Å². The van der Waals surface area contributed by atoms with Gasteiger partial charge in [0.1, 0.15) is 5.75 Å². The first-order valence-corrected chi connectivity index (χ1v) is 4.51. The number of ether oxygens (including phenoxy) is 1. The molecule has 84 valence electrons. The normalized spacial score (nSPS) is 11.5. The van der Waals surface area contributed by atoms with Gasteiger partial charge >= 0.3 is 6.36 Å². The third kappa shape index (κ3) is 4.20. The summed E-state index contributed by atoms with van der Waals surface area (Å²) in [5.74, 6) is -0.125. The Labute approximate surface area is 86.1 Å². The largest absolute Gasteiger partial charge is 0.573 e. The lowest BCUT2D eigenvalue weighted by atomic mass is 10.1. The quantitative estimate of drug-likeness (QED) is 0.839. The monoisotopic (exact) mass is 219 g/mol. The van der Waals surface area contributed by atoms with Crippen LogP contribution in [0.1, 0.15) is 5.56 Å². The van der Waals surface area contributed by atoms with Gasteiger partial charge in [0.25, 0.3) is 0 Å². The van der Waals surface area contributed by atoms with E-state index in [0.717, 1.165) is 0 Å². The molecule has 0 radical (unpaired) electrons. The molecule has 1 aromatic rings. The summed E-state index contributed by atoms with van der Waals surface area (Å²) in [5.41, 5.74) is 0.546. The minimum Gasteiger partial charge on any atom is -0.406 e. The smallest absolute Gasteiger partial charge is 0.406 e. The van der Waals surface area contributed by atoms with E-state index in [4.69, 9.17) is 0 Å². The minimum absolute atomic E-state index is 0.125. The zero-order valence-corrected chi connectivity index (χ0v) is 8.27. The van der Waals surface area contributed by atoms with E-state index in [1.54, 1.807) is 19.2 Å². The first-order chi connectivity index (χ1) is 7.03. The van der Waals surface area contributed by atoms with Gasteiger partial charge in [0.15, 0.2) is 0 Å². The first kappa shape index (κ1) is 11.8. The zero-order chi connectivity index (χ0) is 11.3. The summed E-state index contributed by atoms with van der Waals surface area (Å²) in [4.78, 5) is 0. The van der Waals surface area contributed by atoms with Crippen LogP contribution < -0.4 is 10.1 Å². The van der Waals surface area contributed by atoms with Gasteiger partial charge in [0.2, 0.25) is 0 Å². The van der Waals surface area contributed by atoms with Crippen molar-refractivity contribution in [1.29, 1.82) is 0 Å². The molecule has 1 rings (SSSR count). The fourth-order valence-electron chi connectivity index (χ4n) is 1.19. The van der Waals surface area contributed by atoms with Gasteiger partial charge in [-0.3, -0.25) is 0 Å². The third-order valence-corrected chi connectivity index (χ3v) is 1.84. The molecule has 0 saturated heterocycles. The Morgan fingerprint density at radius 1 is 1.27 bits per heavy atom. The molecule has 0 spiro atoms. The van der Waals surface area contributed by atoms with Crippen LogP contribution in [0.2, 0.25) is 0 Å². The first-order valence-electron chi connectivity index (χ1n) is 4.51. The van der Waals surface area contributed by atoms with Crippen molar-refractivity contribution in [2.24, 2.45) is 0 Å². The molecular weight excluding hydrogens is 207 g/mol. The number of para-hydroxylation sites is 1. The molecule has 0 bridgehead atoms. The maximum atomic E-state index is 12.0. The number of rotatable bonds is 4. The fraction of sp³-hybridized carbons (Fsp3) is 0.400. The van der Waals surface area contributed by atoms with E-state index in [0.29, 0.717) is 18.5 Å². The van der Waals surface area contributed by atoms with Gasteiger partial charge in [0, 0.05) is 0 Å². The van der Waals surface area contributed by atoms with Gasteiger partial charge in [-0.15, -0.1) is 13.2 Å². The molecule has 0 aliphatic heterocycles. The van der Waals surface area contributed by atoms with Gasteiger partial charge in [-0.2, -0.15) is 0 Å². The highest BCUT2D eigenvalue weighted by Gasteiger charge is 2.31. The molecule has 0 heterocycles. The summed E-state index contributed by atoms with van der Waals surface area (Å²) >= 11 is 0. The van der Waals surface area contributed by atoms with E-state index in [-0.39, 0.29) is 5.75 Å². The van der Waals surface area contributed by atoms with Gasteiger partial charge in [-0.25, -0.2) is 0 Å². The highest BCUT2D eigenvalue weighted by molar-refractivity contribution is 5.33. The van der Waals surface area contributed by atoms with Crippen LogP contribution in [-0.2, 0) is 6.42 Å². The SMILES string of the molecule is CNCCc1ccccc1OC(F)(F)F. The number of benzene rings is 1. The fourth-order valence-corrected chi connectivity index (χ4v) is 1.19. The molecule has 0 fully saturated rings. The molecule has 5 heteroatoms. The van der Waals surface area contributed by atoms with E-state index in [1.165, 1.54) is 12.1 Å². The summed E-state index contributed by atoms with van der Waals surface area (Å²) in [6.07, 6.45) is -4.13. The molecule has 0 aromatic heterocycles. The maximum Gasteiger partial charge on any atom is 0.573 e. The second-order valence-electron chi connectivity index (χ2n) is 3.01. The molecular formula is C10H12F3NO. The number of hydrogen-bond acceptors (Lipinski definition) is 2. The average Bonchev–Trinajstić information content (AvgIpc) is 2.14. The Hall–Kier alpha value is -1.23. The molecule has 2 nitrogen and oxygen atoms in total. The standard InChI is InChI=1S/C10H12F3NO/c1-14-7-6-8-4-2-3-5-9(8)15-10(11,12)13/h2-5,14H,6-7H2,1H3. The van der Waals surface area contributed by atoms with Crippen LogP contribution in [-0.4, -0.2) is 20.0 Å². The predicted octanol–water partition coefficient (Wildman–Crippen LogP) is 2.35. The topological polar surface area (TPSA) is 21.3 Å². The molecule has 0 amide bonds. The third-order valence-electron chi connectivity index (χ3n) is 1.84. The van der Waals surface area contributed by atoms with Crippen molar-refractivity contribution >= 4 is 0 Å². The van der Waals surface area contributed by atoms with Crippen LogP contribution in [0.5, 0.6) is 5.75 Å². The Balaban J connectivity index is 2.77. The lowest BCUT2D eigenvalue weighted by molar-refractivity contribution is -0.274. The van der Waals surface area contributed by atoms with Crippen molar-refractivity contribution in [3.05, 3.63) is 29.8 Å². The van der Waals surface area contributed by atoms with Gasteiger partial charge in [-0.05, 0) is 31.6 Å². The maximum absolute atomic E-state index is 12.0. The molecule has 0 atom stereocenters. The summed E-state index contributed by atoms with van der Waals surface area (Å²) in [6, 6.07) is 6.15. The minimum atomic E-state index is -4.63. The number of hydrogen-bond donors (Lipinski definition) is 1. The number of nitrogens with one attached hydrogen (secondary N) is 1. The Bertz CT molecular complexity index is 312. The molecule has 1 N–H and O–H groups in total. The molecule has 15 heavy (non-hydrogen) atoms. The van der Waals surface area contributed by atoms with Crippen LogP contribution in [0.3, 0.4) is 0 Å². The number of halogens is 3. The lowest BCUT2D eigenvalue weighted by Crippen LogP contribution is -2.19. The average molecular weight is 219 g/mol. The molecule has 0 aliphatic rings. The lowest BCUT2D eigenvalue weighted by Gasteiger charge is -2.12. The Morgan fingerprint density at radius 3 is 2.53 bits per heavy atom. The predicted molar refractivity (Wildman–Crippen MR) is 50.8 cm³/mol. The Morgan fingerprint density at radius 2 is 1.93 bits per heavy atom.